The van der Waals surface area contributed by atoms with E-state index in [9.17, 15) is 5.11 Å². The van der Waals surface area contributed by atoms with E-state index in [1.165, 1.54) is 0 Å². The van der Waals surface area contributed by atoms with Gasteiger partial charge in [0.1, 0.15) is 0 Å². The Labute approximate surface area is 69.8 Å². The van der Waals surface area contributed by atoms with Crippen LogP contribution >= 0.6 is 0 Å². The maximum absolute atomic E-state index is 9.57. The molecule has 0 aliphatic carbocycles. The average molecular weight is 159 g/mol. The highest BCUT2D eigenvalue weighted by atomic mass is 16.3. The molecule has 0 heterocycles. The minimum atomic E-state index is -0.357. The summed E-state index contributed by atoms with van der Waals surface area (Å²) < 4.78 is 0. The van der Waals surface area contributed by atoms with Gasteiger partial charge >= 0.3 is 0 Å². The molecule has 4 atom stereocenters. The van der Waals surface area contributed by atoms with Crippen molar-refractivity contribution in [3.63, 3.8) is 0 Å². The van der Waals surface area contributed by atoms with Gasteiger partial charge in [0.05, 0.1) is 6.10 Å². The van der Waals surface area contributed by atoms with Crippen molar-refractivity contribution in [2.75, 3.05) is 0 Å². The van der Waals surface area contributed by atoms with Crippen LogP contribution in [0.3, 0.4) is 0 Å². The fraction of sp³-hybridized carbons (Fsp3) is 1.00. The summed E-state index contributed by atoms with van der Waals surface area (Å²) in [4.78, 5) is 0. The van der Waals surface area contributed by atoms with Crippen LogP contribution < -0.4 is 5.73 Å². The Morgan fingerprint density at radius 1 is 1.27 bits per heavy atom. The van der Waals surface area contributed by atoms with Crippen molar-refractivity contribution < 1.29 is 5.11 Å². The second-order valence-electron chi connectivity index (χ2n) is 3.59. The van der Waals surface area contributed by atoms with Crippen molar-refractivity contribution in [3.8, 4) is 0 Å². The highest BCUT2D eigenvalue weighted by Gasteiger charge is 2.22. The Morgan fingerprint density at radius 2 is 1.73 bits per heavy atom. The van der Waals surface area contributed by atoms with Gasteiger partial charge in [-0.25, -0.2) is 0 Å². The largest absolute Gasteiger partial charge is 0.391 e. The van der Waals surface area contributed by atoms with Gasteiger partial charge in [0.15, 0.2) is 0 Å². The van der Waals surface area contributed by atoms with Gasteiger partial charge in [0.2, 0.25) is 0 Å². The molecule has 0 rings (SSSR count). The fourth-order valence-electron chi connectivity index (χ4n) is 1.19. The van der Waals surface area contributed by atoms with Gasteiger partial charge in [-0.1, -0.05) is 27.2 Å². The van der Waals surface area contributed by atoms with Crippen LogP contribution in [0.2, 0.25) is 0 Å². The third-order valence-electron chi connectivity index (χ3n) is 2.62. The number of hydrogen-bond donors (Lipinski definition) is 2. The van der Waals surface area contributed by atoms with Crippen LogP contribution in [-0.4, -0.2) is 17.3 Å². The van der Waals surface area contributed by atoms with E-state index in [0.717, 1.165) is 6.42 Å². The lowest BCUT2D eigenvalue weighted by Crippen LogP contribution is -2.38. The second-order valence-corrected chi connectivity index (χ2v) is 3.59. The fourth-order valence-corrected chi connectivity index (χ4v) is 1.19. The summed E-state index contributed by atoms with van der Waals surface area (Å²) in [6.07, 6.45) is 0.746. The molecule has 0 bridgehead atoms. The van der Waals surface area contributed by atoms with E-state index >= 15 is 0 Å². The molecule has 0 fully saturated rings. The maximum atomic E-state index is 9.57. The SMILES string of the molecule is CC[C@@H](C)[C@@H](C)[C@@H](O)[C@@H](C)N. The van der Waals surface area contributed by atoms with Crippen LogP contribution in [-0.2, 0) is 0 Å². The zero-order valence-electron chi connectivity index (χ0n) is 8.04. The molecule has 2 nitrogen and oxygen atoms in total. The van der Waals surface area contributed by atoms with E-state index in [0.29, 0.717) is 11.8 Å². The molecule has 0 radical (unpaired) electrons. The molecule has 68 valence electrons. The van der Waals surface area contributed by atoms with Gasteiger partial charge in [0.25, 0.3) is 0 Å². The van der Waals surface area contributed by atoms with Crippen molar-refractivity contribution in [1.82, 2.24) is 0 Å². The average Bonchev–Trinajstić information content (AvgIpc) is 2.00. The molecule has 11 heavy (non-hydrogen) atoms. The molecule has 0 aliphatic rings. The Morgan fingerprint density at radius 3 is 2.00 bits per heavy atom. The maximum Gasteiger partial charge on any atom is 0.0716 e. The van der Waals surface area contributed by atoms with Crippen LogP contribution in [0.15, 0.2) is 0 Å². The minimum Gasteiger partial charge on any atom is -0.391 e. The lowest BCUT2D eigenvalue weighted by molar-refractivity contribution is 0.0679. The molecule has 0 spiro atoms. The van der Waals surface area contributed by atoms with Crippen molar-refractivity contribution >= 4 is 0 Å². The molecule has 0 aromatic rings. The van der Waals surface area contributed by atoms with Crippen molar-refractivity contribution in [2.45, 2.75) is 46.3 Å². The molecule has 0 aromatic heterocycles. The van der Waals surface area contributed by atoms with E-state index in [2.05, 4.69) is 20.8 Å². The van der Waals surface area contributed by atoms with Crippen molar-refractivity contribution in [3.05, 3.63) is 0 Å². The van der Waals surface area contributed by atoms with Crippen LogP contribution in [0.5, 0.6) is 0 Å². The lowest BCUT2D eigenvalue weighted by Gasteiger charge is -2.26. The molecule has 0 unspecified atom stereocenters. The van der Waals surface area contributed by atoms with Crippen molar-refractivity contribution in [1.29, 1.82) is 0 Å². The molecular formula is C9H21NO. The van der Waals surface area contributed by atoms with E-state index in [1.54, 1.807) is 0 Å². The van der Waals surface area contributed by atoms with E-state index in [4.69, 9.17) is 5.73 Å². The summed E-state index contributed by atoms with van der Waals surface area (Å²) in [6, 6.07) is -0.112. The number of nitrogens with two attached hydrogens (primary N) is 1. The first-order chi connectivity index (χ1) is 5.00. The predicted molar refractivity (Wildman–Crippen MR) is 48.3 cm³/mol. The second kappa shape index (κ2) is 4.73. The summed E-state index contributed by atoms with van der Waals surface area (Å²) in [7, 11) is 0. The molecule has 2 heteroatoms. The van der Waals surface area contributed by atoms with Gasteiger partial charge in [-0.3, -0.25) is 0 Å². The van der Waals surface area contributed by atoms with Gasteiger partial charge in [0, 0.05) is 6.04 Å². The Kier molecular flexibility index (Phi) is 4.69. The number of hydrogen-bond acceptors (Lipinski definition) is 2. The Bertz CT molecular complexity index is 104. The summed E-state index contributed by atoms with van der Waals surface area (Å²) >= 11 is 0. The molecule has 3 N–H and O–H groups in total. The minimum absolute atomic E-state index is 0.112. The summed E-state index contributed by atoms with van der Waals surface area (Å²) in [5.74, 6) is 0.857. The van der Waals surface area contributed by atoms with Gasteiger partial charge in [-0.15, -0.1) is 0 Å². The standard InChI is InChI=1S/C9H21NO/c1-5-6(2)7(3)9(11)8(4)10/h6-9,11H,5,10H2,1-4H3/t6-,7-,8-,9-/m1/s1. The third kappa shape index (κ3) is 3.21. The molecule has 0 aliphatic heterocycles. The van der Waals surface area contributed by atoms with Gasteiger partial charge in [-0.2, -0.15) is 0 Å². The van der Waals surface area contributed by atoms with Crippen LogP contribution in [0.1, 0.15) is 34.1 Å². The normalized spacial score (nSPS) is 22.4. The quantitative estimate of drug-likeness (QED) is 0.651. The first kappa shape index (κ1) is 10.9. The highest BCUT2D eigenvalue weighted by Crippen LogP contribution is 2.19. The van der Waals surface area contributed by atoms with Crippen LogP contribution in [0.4, 0.5) is 0 Å². The zero-order valence-corrected chi connectivity index (χ0v) is 8.04. The van der Waals surface area contributed by atoms with Crippen molar-refractivity contribution in [2.24, 2.45) is 17.6 Å². The molecule has 0 saturated carbocycles. The molecule has 0 amide bonds. The molecular weight excluding hydrogens is 138 g/mol. The topological polar surface area (TPSA) is 46.2 Å². The van der Waals surface area contributed by atoms with Crippen LogP contribution in [0, 0.1) is 11.8 Å². The van der Waals surface area contributed by atoms with Gasteiger partial charge in [-0.05, 0) is 18.8 Å². The first-order valence-electron chi connectivity index (χ1n) is 4.44. The van der Waals surface area contributed by atoms with E-state index < -0.39 is 0 Å². The predicted octanol–water partition coefficient (Wildman–Crippen LogP) is 1.38. The Balaban J connectivity index is 3.90. The highest BCUT2D eigenvalue weighted by molar-refractivity contribution is 4.75. The number of aliphatic hydroxyl groups excluding tert-OH is 1. The van der Waals surface area contributed by atoms with Crippen LogP contribution in [0.25, 0.3) is 0 Å². The molecule has 0 saturated heterocycles. The summed E-state index contributed by atoms with van der Waals surface area (Å²) in [5, 5.41) is 9.57. The zero-order chi connectivity index (χ0) is 9.02. The van der Waals surface area contributed by atoms with E-state index in [-0.39, 0.29) is 12.1 Å². The summed E-state index contributed by atoms with van der Waals surface area (Å²) in [5.41, 5.74) is 5.58. The number of rotatable bonds is 4. The van der Waals surface area contributed by atoms with Gasteiger partial charge < -0.3 is 10.8 Å². The first-order valence-corrected chi connectivity index (χ1v) is 4.44. The Hall–Kier alpha value is -0.0800. The molecule has 0 aromatic carbocycles. The lowest BCUT2D eigenvalue weighted by atomic mass is 9.86. The summed E-state index contributed by atoms with van der Waals surface area (Å²) in [6.45, 7) is 8.19. The van der Waals surface area contributed by atoms with E-state index in [1.807, 2.05) is 6.92 Å². The monoisotopic (exact) mass is 159 g/mol. The third-order valence-corrected chi connectivity index (χ3v) is 2.62. The smallest absolute Gasteiger partial charge is 0.0716 e. The number of aliphatic hydroxyl groups is 1.